The number of ether oxygens (including phenoxy) is 1. The molecule has 0 saturated carbocycles. The van der Waals surface area contributed by atoms with Crippen molar-refractivity contribution in [1.29, 1.82) is 0 Å². The average molecular weight is 361 g/mol. The predicted molar refractivity (Wildman–Crippen MR) is 104 cm³/mol. The Morgan fingerprint density at radius 2 is 1.85 bits per heavy atom. The maximum absolute atomic E-state index is 12.9. The van der Waals surface area contributed by atoms with E-state index in [1.807, 2.05) is 35.7 Å². The van der Waals surface area contributed by atoms with Crippen LogP contribution in [-0.4, -0.2) is 23.7 Å². The summed E-state index contributed by atoms with van der Waals surface area (Å²) in [6, 6.07) is 18.1. The number of rotatable bonds is 4. The summed E-state index contributed by atoms with van der Waals surface area (Å²) in [6.07, 6.45) is 0. The van der Waals surface area contributed by atoms with Gasteiger partial charge >= 0.3 is 0 Å². The van der Waals surface area contributed by atoms with Gasteiger partial charge in [-0.05, 0) is 23.6 Å². The Kier molecular flexibility index (Phi) is 4.14. The van der Waals surface area contributed by atoms with Crippen molar-refractivity contribution >= 4 is 34.3 Å². The highest BCUT2D eigenvalue weighted by Gasteiger charge is 2.33. The number of benzene rings is 2. The standard InChI is InChI=1S/C21H15NO3S/c1-25-14-7-4-6-13(12-14)22-19(17-10-5-11-26-17)18-20(23)15-8-2-3-9-16(15)21(18)24/h2-12,23H,1H3. The highest BCUT2D eigenvalue weighted by atomic mass is 32.1. The van der Waals surface area contributed by atoms with Gasteiger partial charge in [-0.2, -0.15) is 0 Å². The molecule has 0 bridgehead atoms. The number of hydrogen-bond donors (Lipinski definition) is 1. The van der Waals surface area contributed by atoms with Crippen molar-refractivity contribution < 1.29 is 14.6 Å². The largest absolute Gasteiger partial charge is 0.506 e. The summed E-state index contributed by atoms with van der Waals surface area (Å²) in [6.45, 7) is 0. The minimum absolute atomic E-state index is 0.0272. The predicted octanol–water partition coefficient (Wildman–Crippen LogP) is 5.04. The monoisotopic (exact) mass is 361 g/mol. The molecule has 4 nitrogen and oxygen atoms in total. The second-order valence-electron chi connectivity index (χ2n) is 5.74. The third kappa shape index (κ3) is 2.72. The molecular weight excluding hydrogens is 346 g/mol. The Morgan fingerprint density at radius 1 is 1.04 bits per heavy atom. The lowest BCUT2D eigenvalue weighted by atomic mass is 10.0. The number of carbonyl (C=O) groups excluding carboxylic acids is 1. The number of ketones is 1. The molecule has 0 spiro atoms. The topological polar surface area (TPSA) is 58.9 Å². The highest BCUT2D eigenvalue weighted by molar-refractivity contribution is 7.12. The molecule has 0 aliphatic heterocycles. The zero-order chi connectivity index (χ0) is 18.1. The number of thiophene rings is 1. The van der Waals surface area contributed by atoms with E-state index >= 15 is 0 Å². The number of carbonyl (C=O) groups is 1. The van der Waals surface area contributed by atoms with Gasteiger partial charge in [-0.25, -0.2) is 4.99 Å². The third-order valence-corrected chi connectivity index (χ3v) is 5.05. The first-order valence-corrected chi connectivity index (χ1v) is 8.91. The first-order valence-electron chi connectivity index (χ1n) is 8.03. The minimum atomic E-state index is -0.215. The van der Waals surface area contributed by atoms with Crippen LogP contribution < -0.4 is 4.74 Å². The molecule has 0 unspecified atom stereocenters. The van der Waals surface area contributed by atoms with E-state index in [1.165, 1.54) is 11.3 Å². The maximum Gasteiger partial charge on any atom is 0.199 e. The molecule has 4 rings (SSSR count). The average Bonchev–Trinajstić information content (AvgIpc) is 3.29. The lowest BCUT2D eigenvalue weighted by Crippen LogP contribution is -2.11. The molecule has 0 saturated heterocycles. The summed E-state index contributed by atoms with van der Waals surface area (Å²) in [5, 5.41) is 12.6. The molecule has 1 aromatic heterocycles. The van der Waals surface area contributed by atoms with Gasteiger partial charge in [0.05, 0.1) is 29.0 Å². The summed E-state index contributed by atoms with van der Waals surface area (Å²) < 4.78 is 5.25. The van der Waals surface area contributed by atoms with Crippen LogP contribution in [0.2, 0.25) is 0 Å². The van der Waals surface area contributed by atoms with Gasteiger partial charge in [0.2, 0.25) is 0 Å². The molecule has 1 N–H and O–H groups in total. The minimum Gasteiger partial charge on any atom is -0.506 e. The van der Waals surface area contributed by atoms with Crippen molar-refractivity contribution in [2.45, 2.75) is 0 Å². The molecular formula is C21H15NO3S. The molecule has 0 fully saturated rings. The van der Waals surface area contributed by atoms with Crippen LogP contribution >= 0.6 is 11.3 Å². The Morgan fingerprint density at radius 3 is 2.54 bits per heavy atom. The number of aliphatic hydroxyl groups excluding tert-OH is 1. The van der Waals surface area contributed by atoms with E-state index in [4.69, 9.17) is 4.74 Å². The molecule has 1 heterocycles. The van der Waals surface area contributed by atoms with Crippen LogP contribution in [-0.2, 0) is 0 Å². The van der Waals surface area contributed by atoms with Gasteiger partial charge in [0, 0.05) is 17.2 Å². The second-order valence-corrected chi connectivity index (χ2v) is 6.69. The molecule has 2 aromatic carbocycles. The molecule has 1 aliphatic rings. The SMILES string of the molecule is COc1cccc(N=C(C2=C(O)c3ccccc3C2=O)c2cccs2)c1. The number of allylic oxidation sites excluding steroid dienone is 1. The number of nitrogens with zero attached hydrogens (tertiary/aromatic N) is 1. The normalized spacial score (nSPS) is 13.9. The molecule has 128 valence electrons. The summed E-state index contributed by atoms with van der Waals surface area (Å²) >= 11 is 1.47. The van der Waals surface area contributed by atoms with Crippen LogP contribution in [0.4, 0.5) is 5.69 Å². The van der Waals surface area contributed by atoms with Crippen LogP contribution in [0.5, 0.6) is 5.75 Å². The van der Waals surface area contributed by atoms with Gasteiger partial charge in [-0.15, -0.1) is 11.3 Å². The molecule has 26 heavy (non-hydrogen) atoms. The van der Waals surface area contributed by atoms with E-state index in [0.717, 1.165) is 4.88 Å². The number of methoxy groups -OCH3 is 1. The van der Waals surface area contributed by atoms with Crippen molar-refractivity contribution in [3.05, 3.63) is 87.6 Å². The first kappa shape index (κ1) is 16.3. The summed E-state index contributed by atoms with van der Waals surface area (Å²) in [5.74, 6) is 0.435. The van der Waals surface area contributed by atoms with Crippen LogP contribution in [0.1, 0.15) is 20.8 Å². The van der Waals surface area contributed by atoms with Crippen LogP contribution in [0.15, 0.2) is 76.6 Å². The first-order chi connectivity index (χ1) is 12.7. The quantitative estimate of drug-likeness (QED) is 0.662. The second kappa shape index (κ2) is 6.61. The summed E-state index contributed by atoms with van der Waals surface area (Å²) in [5.41, 5.74) is 2.39. The van der Waals surface area contributed by atoms with Crippen molar-refractivity contribution in [1.82, 2.24) is 0 Å². The van der Waals surface area contributed by atoms with Crippen molar-refractivity contribution in [2.24, 2.45) is 4.99 Å². The van der Waals surface area contributed by atoms with Gasteiger partial charge in [-0.1, -0.05) is 36.4 Å². The lowest BCUT2D eigenvalue weighted by molar-refractivity contribution is 0.104. The maximum atomic E-state index is 12.9. The Labute approximate surface area is 154 Å². The molecule has 3 aromatic rings. The van der Waals surface area contributed by atoms with E-state index in [0.29, 0.717) is 28.3 Å². The van der Waals surface area contributed by atoms with E-state index < -0.39 is 0 Å². The van der Waals surface area contributed by atoms with Crippen molar-refractivity contribution in [3.63, 3.8) is 0 Å². The Hall–Kier alpha value is -3.18. The summed E-state index contributed by atoms with van der Waals surface area (Å²) in [7, 11) is 1.59. The smallest absolute Gasteiger partial charge is 0.199 e. The fourth-order valence-corrected chi connectivity index (χ4v) is 3.66. The van der Waals surface area contributed by atoms with E-state index in [-0.39, 0.29) is 17.1 Å². The van der Waals surface area contributed by atoms with E-state index in [9.17, 15) is 9.90 Å². The molecule has 5 heteroatoms. The number of hydrogen-bond acceptors (Lipinski definition) is 5. The van der Waals surface area contributed by atoms with Gasteiger partial charge in [0.1, 0.15) is 11.5 Å². The number of aliphatic imine (C=N–C) groups is 1. The Bertz CT molecular complexity index is 1050. The van der Waals surface area contributed by atoms with Gasteiger partial charge in [-0.3, -0.25) is 4.79 Å². The zero-order valence-corrected chi connectivity index (χ0v) is 14.8. The molecule has 0 atom stereocenters. The lowest BCUT2D eigenvalue weighted by Gasteiger charge is -2.07. The third-order valence-electron chi connectivity index (χ3n) is 4.18. The number of aliphatic hydroxyl groups is 1. The number of fused-ring (bicyclic) bond motifs is 1. The Balaban J connectivity index is 1.90. The van der Waals surface area contributed by atoms with Crippen LogP contribution in [0, 0.1) is 0 Å². The van der Waals surface area contributed by atoms with Gasteiger partial charge in [0.25, 0.3) is 0 Å². The fourth-order valence-electron chi connectivity index (χ4n) is 2.94. The zero-order valence-electron chi connectivity index (χ0n) is 14.0. The van der Waals surface area contributed by atoms with Crippen LogP contribution in [0.3, 0.4) is 0 Å². The highest BCUT2D eigenvalue weighted by Crippen LogP contribution is 2.35. The fraction of sp³-hybridized carbons (Fsp3) is 0.0476. The molecule has 0 amide bonds. The van der Waals surface area contributed by atoms with Gasteiger partial charge < -0.3 is 9.84 Å². The number of Topliss-reactive ketones (excluding diaryl/α,β-unsaturated/α-hetero) is 1. The summed E-state index contributed by atoms with van der Waals surface area (Å²) in [4.78, 5) is 18.4. The van der Waals surface area contributed by atoms with E-state index in [1.54, 1.807) is 37.4 Å². The van der Waals surface area contributed by atoms with E-state index in [2.05, 4.69) is 4.99 Å². The van der Waals surface area contributed by atoms with Crippen molar-refractivity contribution in [2.75, 3.05) is 7.11 Å². The van der Waals surface area contributed by atoms with Crippen molar-refractivity contribution in [3.8, 4) is 5.75 Å². The molecule has 0 radical (unpaired) electrons. The van der Waals surface area contributed by atoms with Gasteiger partial charge in [0.15, 0.2) is 5.78 Å². The molecule has 1 aliphatic carbocycles. The van der Waals surface area contributed by atoms with Crippen LogP contribution in [0.25, 0.3) is 5.76 Å².